The quantitative estimate of drug-likeness (QED) is 0.489. The highest BCUT2D eigenvalue weighted by Crippen LogP contribution is 2.30. The number of piperidine rings is 1. The van der Waals surface area contributed by atoms with Gasteiger partial charge in [0.25, 0.3) is 11.5 Å². The van der Waals surface area contributed by atoms with E-state index in [0.29, 0.717) is 22.2 Å². The lowest BCUT2D eigenvalue weighted by molar-refractivity contribution is 0.102. The van der Waals surface area contributed by atoms with Gasteiger partial charge >= 0.3 is 0 Å². The standard InChI is InChI=1S/C22H20FN5O2/c23-15-4-1-3-14(11-15)22(30)25-16-5-2-6-17-20(16)21-26-19(29)12-18(28(21)27-17)13-7-9-24-10-8-13/h1-6,11-13,24H,7-10H2,(H,25,30)(H,26,29). The highest BCUT2D eigenvalue weighted by Gasteiger charge is 2.22. The van der Waals surface area contributed by atoms with E-state index in [9.17, 15) is 14.0 Å². The summed E-state index contributed by atoms with van der Waals surface area (Å²) in [5.74, 6) is -0.679. The Labute approximate surface area is 170 Å². The van der Waals surface area contributed by atoms with Crippen molar-refractivity contribution in [1.82, 2.24) is 19.9 Å². The molecule has 8 heteroatoms. The molecular formula is C22H20FN5O2. The summed E-state index contributed by atoms with van der Waals surface area (Å²) in [6, 6.07) is 12.5. The summed E-state index contributed by atoms with van der Waals surface area (Å²) in [7, 11) is 0. The normalized spacial score (nSPS) is 15.0. The number of nitrogens with zero attached hydrogens (tertiary/aromatic N) is 2. The minimum Gasteiger partial charge on any atom is -0.321 e. The molecule has 1 aliphatic heterocycles. The number of rotatable bonds is 3. The molecule has 1 fully saturated rings. The number of halogens is 1. The Hall–Kier alpha value is -3.52. The van der Waals surface area contributed by atoms with Crippen molar-refractivity contribution in [3.63, 3.8) is 0 Å². The molecule has 1 amide bonds. The Morgan fingerprint density at radius 2 is 1.93 bits per heavy atom. The van der Waals surface area contributed by atoms with Gasteiger partial charge in [0.1, 0.15) is 11.5 Å². The van der Waals surface area contributed by atoms with Gasteiger partial charge in [-0.05, 0) is 56.3 Å². The maximum Gasteiger partial charge on any atom is 0.255 e. The second-order valence-electron chi connectivity index (χ2n) is 7.51. The molecule has 0 atom stereocenters. The van der Waals surface area contributed by atoms with E-state index in [4.69, 9.17) is 5.10 Å². The second kappa shape index (κ2) is 7.38. The molecule has 0 aliphatic carbocycles. The van der Waals surface area contributed by atoms with Gasteiger partial charge in [0.15, 0.2) is 0 Å². The zero-order valence-corrected chi connectivity index (χ0v) is 16.1. The average molecular weight is 405 g/mol. The highest BCUT2D eigenvalue weighted by molar-refractivity contribution is 6.11. The predicted octanol–water partition coefficient (Wildman–Crippen LogP) is 3.03. The van der Waals surface area contributed by atoms with Gasteiger partial charge in [0, 0.05) is 17.5 Å². The third-order valence-corrected chi connectivity index (χ3v) is 5.56. The molecule has 5 rings (SSSR count). The van der Waals surface area contributed by atoms with Gasteiger partial charge in [-0.15, -0.1) is 0 Å². The summed E-state index contributed by atoms with van der Waals surface area (Å²) in [6.07, 6.45) is 1.86. The minimum absolute atomic E-state index is 0.205. The molecule has 1 saturated heterocycles. The lowest BCUT2D eigenvalue weighted by atomic mass is 9.94. The number of aromatic amines is 1. The van der Waals surface area contributed by atoms with E-state index in [0.717, 1.165) is 31.6 Å². The van der Waals surface area contributed by atoms with Gasteiger partial charge < -0.3 is 15.6 Å². The Morgan fingerprint density at radius 3 is 2.73 bits per heavy atom. The SMILES string of the molecule is O=C(Nc1cccc2nn3c(C4CCNCC4)cc(=O)[nH]c3c12)c1cccc(F)c1. The second-order valence-corrected chi connectivity index (χ2v) is 7.51. The van der Waals surface area contributed by atoms with E-state index in [1.807, 2.05) is 6.07 Å². The molecule has 4 aromatic rings. The van der Waals surface area contributed by atoms with Crippen LogP contribution in [-0.2, 0) is 0 Å². The largest absolute Gasteiger partial charge is 0.321 e. The van der Waals surface area contributed by atoms with E-state index < -0.39 is 11.7 Å². The smallest absolute Gasteiger partial charge is 0.255 e. The van der Waals surface area contributed by atoms with Crippen molar-refractivity contribution in [3.8, 4) is 0 Å². The summed E-state index contributed by atoms with van der Waals surface area (Å²) in [6.45, 7) is 1.80. The molecule has 0 radical (unpaired) electrons. The van der Waals surface area contributed by atoms with Gasteiger partial charge in [-0.3, -0.25) is 9.59 Å². The number of nitrogens with one attached hydrogen (secondary N) is 3. The van der Waals surface area contributed by atoms with Crippen molar-refractivity contribution in [2.24, 2.45) is 0 Å². The lowest BCUT2D eigenvalue weighted by Gasteiger charge is -2.23. The van der Waals surface area contributed by atoms with Crippen LogP contribution < -0.4 is 16.2 Å². The van der Waals surface area contributed by atoms with E-state index in [1.165, 1.54) is 18.2 Å². The fourth-order valence-corrected chi connectivity index (χ4v) is 4.12. The summed E-state index contributed by atoms with van der Waals surface area (Å²) in [4.78, 5) is 28.0. The number of carbonyl (C=O) groups is 1. The van der Waals surface area contributed by atoms with Crippen LogP contribution in [0.4, 0.5) is 10.1 Å². The summed E-state index contributed by atoms with van der Waals surface area (Å²) < 4.78 is 15.3. The number of hydrogen-bond donors (Lipinski definition) is 3. The summed E-state index contributed by atoms with van der Waals surface area (Å²) in [5, 5.41) is 11.5. The fourth-order valence-electron chi connectivity index (χ4n) is 4.12. The molecule has 7 nitrogen and oxygen atoms in total. The monoisotopic (exact) mass is 405 g/mol. The van der Waals surface area contributed by atoms with E-state index in [-0.39, 0.29) is 17.0 Å². The molecule has 2 aromatic carbocycles. The van der Waals surface area contributed by atoms with Gasteiger partial charge in [-0.1, -0.05) is 12.1 Å². The van der Waals surface area contributed by atoms with Crippen LogP contribution in [0.25, 0.3) is 16.6 Å². The Morgan fingerprint density at radius 1 is 1.13 bits per heavy atom. The first-order valence-corrected chi connectivity index (χ1v) is 9.92. The molecule has 3 heterocycles. The predicted molar refractivity (Wildman–Crippen MR) is 113 cm³/mol. The molecule has 30 heavy (non-hydrogen) atoms. The van der Waals surface area contributed by atoms with Crippen molar-refractivity contribution in [2.75, 3.05) is 18.4 Å². The van der Waals surface area contributed by atoms with Crippen molar-refractivity contribution in [1.29, 1.82) is 0 Å². The molecule has 0 spiro atoms. The van der Waals surface area contributed by atoms with Crippen LogP contribution in [-0.4, -0.2) is 33.6 Å². The third-order valence-electron chi connectivity index (χ3n) is 5.56. The molecular weight excluding hydrogens is 385 g/mol. The van der Waals surface area contributed by atoms with Crippen LogP contribution in [0.15, 0.2) is 53.3 Å². The first-order valence-electron chi connectivity index (χ1n) is 9.92. The van der Waals surface area contributed by atoms with Gasteiger partial charge in [0.2, 0.25) is 0 Å². The number of amides is 1. The maximum atomic E-state index is 13.5. The number of hydrogen-bond acceptors (Lipinski definition) is 4. The number of H-pyrrole nitrogens is 1. The minimum atomic E-state index is -0.479. The van der Waals surface area contributed by atoms with Crippen LogP contribution in [0.2, 0.25) is 0 Å². The Bertz CT molecular complexity index is 1320. The fraction of sp³-hybridized carbons (Fsp3) is 0.227. The Balaban J connectivity index is 1.63. The zero-order chi connectivity index (χ0) is 20.7. The first-order chi connectivity index (χ1) is 14.6. The number of carbonyl (C=O) groups excluding carboxylic acids is 1. The van der Waals surface area contributed by atoms with Crippen LogP contribution in [0.5, 0.6) is 0 Å². The summed E-state index contributed by atoms with van der Waals surface area (Å²) in [5.41, 5.74) is 2.59. The van der Waals surface area contributed by atoms with Gasteiger partial charge in [-0.2, -0.15) is 5.10 Å². The third kappa shape index (κ3) is 3.25. The van der Waals surface area contributed by atoms with Gasteiger partial charge in [0.05, 0.1) is 22.3 Å². The van der Waals surface area contributed by atoms with E-state index in [2.05, 4.69) is 15.6 Å². The van der Waals surface area contributed by atoms with Crippen LogP contribution in [0.1, 0.15) is 34.8 Å². The molecule has 0 saturated carbocycles. The van der Waals surface area contributed by atoms with Crippen molar-refractivity contribution in [2.45, 2.75) is 18.8 Å². The molecule has 3 N–H and O–H groups in total. The Kier molecular flexibility index (Phi) is 4.55. The topological polar surface area (TPSA) is 91.3 Å². The molecule has 2 aromatic heterocycles. The van der Waals surface area contributed by atoms with Crippen LogP contribution in [0, 0.1) is 5.82 Å². The van der Waals surface area contributed by atoms with Gasteiger partial charge in [-0.25, -0.2) is 8.91 Å². The molecule has 0 unspecified atom stereocenters. The van der Waals surface area contributed by atoms with Crippen molar-refractivity contribution >= 4 is 28.1 Å². The molecule has 1 aliphatic rings. The number of fused-ring (bicyclic) bond motifs is 3. The lowest BCUT2D eigenvalue weighted by Crippen LogP contribution is -2.28. The van der Waals surface area contributed by atoms with Crippen LogP contribution >= 0.6 is 0 Å². The van der Waals surface area contributed by atoms with E-state index >= 15 is 0 Å². The van der Waals surface area contributed by atoms with Crippen LogP contribution in [0.3, 0.4) is 0 Å². The van der Waals surface area contributed by atoms with Crippen molar-refractivity contribution in [3.05, 3.63) is 76.0 Å². The van der Waals surface area contributed by atoms with E-state index in [1.54, 1.807) is 28.8 Å². The number of anilines is 1. The first kappa shape index (κ1) is 18.5. The molecule has 152 valence electrons. The zero-order valence-electron chi connectivity index (χ0n) is 16.1. The number of aromatic nitrogens is 3. The average Bonchev–Trinajstić information content (AvgIpc) is 3.13. The van der Waals surface area contributed by atoms with Crippen molar-refractivity contribution < 1.29 is 9.18 Å². The summed E-state index contributed by atoms with van der Waals surface area (Å²) >= 11 is 0. The number of benzene rings is 2. The maximum absolute atomic E-state index is 13.5. The molecule has 0 bridgehead atoms. The highest BCUT2D eigenvalue weighted by atomic mass is 19.1.